The first kappa shape index (κ1) is 23.3. The van der Waals surface area contributed by atoms with E-state index in [9.17, 15) is 9.59 Å². The van der Waals surface area contributed by atoms with E-state index in [-0.39, 0.29) is 5.91 Å². The summed E-state index contributed by atoms with van der Waals surface area (Å²) in [6.07, 6.45) is 1.39. The Kier molecular flexibility index (Phi) is 7.40. The van der Waals surface area contributed by atoms with Crippen molar-refractivity contribution in [3.63, 3.8) is 0 Å². The van der Waals surface area contributed by atoms with Crippen LogP contribution in [0.4, 0.5) is 5.00 Å². The van der Waals surface area contributed by atoms with Crippen LogP contribution < -0.4 is 15.8 Å². The molecule has 0 bridgehead atoms. The number of benzene rings is 3. The Labute approximate surface area is 203 Å². The highest BCUT2D eigenvalue weighted by atomic mass is 32.1. The lowest BCUT2D eigenvalue weighted by Crippen LogP contribution is -2.18. The molecule has 0 fully saturated rings. The number of carbonyl (C=O) groups excluding carboxylic acids is 2. The molecule has 0 spiro atoms. The average Bonchev–Trinajstić information content (AvgIpc) is 3.15. The van der Waals surface area contributed by atoms with E-state index < -0.39 is 5.91 Å². The van der Waals surface area contributed by atoms with E-state index in [1.165, 1.54) is 11.3 Å². The molecule has 3 N–H and O–H groups in total. The number of hydrogen-bond donors (Lipinski definition) is 2. The topological polar surface area (TPSA) is 81.4 Å². The van der Waals surface area contributed by atoms with Crippen LogP contribution >= 0.6 is 11.3 Å². The number of ether oxygens (including phenoxy) is 1. The monoisotopic (exact) mass is 470 g/mol. The van der Waals surface area contributed by atoms with Crippen molar-refractivity contribution in [2.24, 2.45) is 5.73 Å². The van der Waals surface area contributed by atoms with Crippen LogP contribution in [0.1, 0.15) is 42.3 Å². The number of rotatable bonds is 9. The summed E-state index contributed by atoms with van der Waals surface area (Å²) in [5, 5.41) is 3.36. The molecule has 0 saturated carbocycles. The summed E-state index contributed by atoms with van der Waals surface area (Å²) in [6.45, 7) is 2.31. The van der Waals surface area contributed by atoms with E-state index in [0.29, 0.717) is 34.9 Å². The van der Waals surface area contributed by atoms with Crippen LogP contribution in [0.15, 0.2) is 84.9 Å². The minimum absolute atomic E-state index is 0.342. The molecule has 34 heavy (non-hydrogen) atoms. The molecule has 6 heteroatoms. The summed E-state index contributed by atoms with van der Waals surface area (Å²) >= 11 is 1.38. The number of primary amides is 1. The number of hydrogen-bond acceptors (Lipinski definition) is 4. The highest BCUT2D eigenvalue weighted by molar-refractivity contribution is 7.17. The number of thiophene rings is 1. The third-order valence-corrected chi connectivity index (χ3v) is 6.76. The third-order valence-electron chi connectivity index (χ3n) is 5.55. The van der Waals surface area contributed by atoms with Crippen molar-refractivity contribution in [1.29, 1.82) is 0 Å². The first-order valence-corrected chi connectivity index (χ1v) is 11.9. The van der Waals surface area contributed by atoms with Gasteiger partial charge in [0.15, 0.2) is 0 Å². The molecule has 0 saturated heterocycles. The molecule has 2 amide bonds. The van der Waals surface area contributed by atoms with Gasteiger partial charge in [-0.05, 0) is 35.7 Å². The second-order valence-electron chi connectivity index (χ2n) is 7.92. The lowest BCUT2D eigenvalue weighted by atomic mass is 10.1. The quantitative estimate of drug-likeness (QED) is 0.333. The minimum atomic E-state index is -0.559. The van der Waals surface area contributed by atoms with Crippen molar-refractivity contribution in [2.75, 3.05) is 11.9 Å². The molecule has 0 unspecified atom stereocenters. The van der Waals surface area contributed by atoms with Gasteiger partial charge in [-0.15, -0.1) is 11.3 Å². The number of carbonyl (C=O) groups is 2. The van der Waals surface area contributed by atoms with Crippen molar-refractivity contribution < 1.29 is 14.3 Å². The standard InChI is InChI=1S/C28H26N2O3S/c1-19-24(18-21-12-6-3-7-13-21)34-28(25(19)26(29)31)30-27(32)22-14-8-9-15-23(22)33-17-16-20-10-4-2-5-11-20/h2-15H,16-18H2,1H3,(H2,29,31)(H,30,32). The number of nitrogens with two attached hydrogens (primary N) is 1. The zero-order valence-corrected chi connectivity index (χ0v) is 19.7. The Balaban J connectivity index is 1.52. The molecule has 4 rings (SSSR count). The highest BCUT2D eigenvalue weighted by Crippen LogP contribution is 2.35. The molecule has 1 aromatic heterocycles. The Hall–Kier alpha value is -3.90. The van der Waals surface area contributed by atoms with Crippen LogP contribution in [0.3, 0.4) is 0 Å². The van der Waals surface area contributed by atoms with Crippen LogP contribution in [-0.4, -0.2) is 18.4 Å². The van der Waals surface area contributed by atoms with E-state index in [1.54, 1.807) is 18.2 Å². The van der Waals surface area contributed by atoms with Crippen molar-refractivity contribution >= 4 is 28.2 Å². The SMILES string of the molecule is Cc1c(Cc2ccccc2)sc(NC(=O)c2ccccc2OCCc2ccccc2)c1C(N)=O. The molecule has 5 nitrogen and oxygen atoms in total. The largest absolute Gasteiger partial charge is 0.492 e. The molecule has 172 valence electrons. The lowest BCUT2D eigenvalue weighted by molar-refractivity contribution is 0.100. The Morgan fingerprint density at radius 1 is 0.882 bits per heavy atom. The van der Waals surface area contributed by atoms with Crippen molar-refractivity contribution in [3.05, 3.63) is 118 Å². The van der Waals surface area contributed by atoms with Crippen LogP contribution in [0, 0.1) is 6.92 Å². The molecule has 0 aliphatic heterocycles. The highest BCUT2D eigenvalue weighted by Gasteiger charge is 2.22. The third kappa shape index (κ3) is 5.53. The summed E-state index contributed by atoms with van der Waals surface area (Å²) in [5.74, 6) is -0.407. The van der Waals surface area contributed by atoms with Gasteiger partial charge in [-0.25, -0.2) is 0 Å². The van der Waals surface area contributed by atoms with Gasteiger partial charge in [0.25, 0.3) is 11.8 Å². The first-order valence-electron chi connectivity index (χ1n) is 11.1. The molecule has 0 radical (unpaired) electrons. The summed E-state index contributed by atoms with van der Waals surface area (Å²) < 4.78 is 5.94. The molecular weight excluding hydrogens is 444 g/mol. The molecule has 1 heterocycles. The van der Waals surface area contributed by atoms with Crippen LogP contribution in [0.5, 0.6) is 5.75 Å². The van der Waals surface area contributed by atoms with E-state index in [4.69, 9.17) is 10.5 Å². The molecule has 0 aliphatic carbocycles. The van der Waals surface area contributed by atoms with Gasteiger partial charge >= 0.3 is 0 Å². The maximum atomic E-state index is 13.2. The molecule has 4 aromatic rings. The van der Waals surface area contributed by atoms with E-state index in [0.717, 1.165) is 28.0 Å². The van der Waals surface area contributed by atoms with Gasteiger partial charge in [-0.2, -0.15) is 0 Å². The van der Waals surface area contributed by atoms with Crippen molar-refractivity contribution in [3.8, 4) is 5.75 Å². The second-order valence-corrected chi connectivity index (χ2v) is 9.02. The number of anilines is 1. The molecule has 3 aromatic carbocycles. The maximum absolute atomic E-state index is 13.2. The van der Waals surface area contributed by atoms with Gasteiger partial charge in [0.05, 0.1) is 17.7 Å². The van der Waals surface area contributed by atoms with Crippen LogP contribution in [0.2, 0.25) is 0 Å². The number of nitrogens with one attached hydrogen (secondary N) is 1. The lowest BCUT2D eigenvalue weighted by Gasteiger charge is -2.12. The van der Waals surface area contributed by atoms with Gasteiger partial charge in [0.1, 0.15) is 10.8 Å². The summed E-state index contributed by atoms with van der Waals surface area (Å²) in [5.41, 5.74) is 9.52. The van der Waals surface area contributed by atoms with Crippen LogP contribution in [-0.2, 0) is 12.8 Å². The van der Waals surface area contributed by atoms with Gasteiger partial charge < -0.3 is 15.8 Å². The normalized spacial score (nSPS) is 10.6. The van der Waals surface area contributed by atoms with Gasteiger partial charge in [-0.3, -0.25) is 9.59 Å². The van der Waals surface area contributed by atoms with Crippen LogP contribution in [0.25, 0.3) is 0 Å². The van der Waals surface area contributed by atoms with Crippen molar-refractivity contribution in [1.82, 2.24) is 0 Å². The fourth-order valence-corrected chi connectivity index (χ4v) is 5.01. The summed E-state index contributed by atoms with van der Waals surface area (Å²) in [7, 11) is 0. The molecular formula is C28H26N2O3S. The Bertz CT molecular complexity index is 1280. The van der Waals surface area contributed by atoms with Gasteiger partial charge in [0.2, 0.25) is 0 Å². The van der Waals surface area contributed by atoms with E-state index in [2.05, 4.69) is 5.32 Å². The van der Waals surface area contributed by atoms with E-state index >= 15 is 0 Å². The minimum Gasteiger partial charge on any atom is -0.492 e. The fraction of sp³-hybridized carbons (Fsp3) is 0.143. The van der Waals surface area contributed by atoms with Crippen molar-refractivity contribution in [2.45, 2.75) is 19.8 Å². The predicted octanol–water partition coefficient (Wildman–Crippen LogP) is 5.62. The van der Waals surface area contributed by atoms with E-state index in [1.807, 2.05) is 73.7 Å². The van der Waals surface area contributed by atoms with Gasteiger partial charge in [0, 0.05) is 17.7 Å². The zero-order valence-electron chi connectivity index (χ0n) is 18.9. The Morgan fingerprint density at radius 3 is 2.18 bits per heavy atom. The average molecular weight is 471 g/mol. The first-order chi connectivity index (χ1) is 16.5. The van der Waals surface area contributed by atoms with Gasteiger partial charge in [-0.1, -0.05) is 72.8 Å². The second kappa shape index (κ2) is 10.8. The number of amides is 2. The number of para-hydroxylation sites is 1. The molecule has 0 atom stereocenters. The predicted molar refractivity (Wildman–Crippen MR) is 137 cm³/mol. The Morgan fingerprint density at radius 2 is 1.50 bits per heavy atom. The fourth-order valence-electron chi connectivity index (χ4n) is 3.77. The maximum Gasteiger partial charge on any atom is 0.260 e. The smallest absolute Gasteiger partial charge is 0.260 e. The summed E-state index contributed by atoms with van der Waals surface area (Å²) in [4.78, 5) is 26.4. The molecule has 0 aliphatic rings. The summed E-state index contributed by atoms with van der Waals surface area (Å²) in [6, 6.07) is 27.1. The zero-order chi connectivity index (χ0) is 23.9.